The summed E-state index contributed by atoms with van der Waals surface area (Å²) in [4.78, 5) is 52.2. The quantitative estimate of drug-likeness (QED) is 0.0868. The zero-order valence-electron chi connectivity index (χ0n) is 34.5. The third kappa shape index (κ3) is 10.1. The van der Waals surface area contributed by atoms with Gasteiger partial charge in [0.25, 0.3) is 0 Å². The molecular weight excluding hydrogens is 837 g/mol. The minimum absolute atomic E-state index is 0.00867. The van der Waals surface area contributed by atoms with Crippen LogP contribution in [0.25, 0.3) is 10.9 Å². The van der Waals surface area contributed by atoms with Crippen LogP contribution in [0.5, 0.6) is 5.75 Å². The van der Waals surface area contributed by atoms with Crippen molar-refractivity contribution in [2.45, 2.75) is 58.0 Å². The average molecular weight is 885 g/mol. The molecule has 2 saturated heterocycles. The van der Waals surface area contributed by atoms with Crippen molar-refractivity contribution in [1.82, 2.24) is 9.88 Å². The lowest BCUT2D eigenvalue weighted by Crippen LogP contribution is -2.45. The van der Waals surface area contributed by atoms with Crippen LogP contribution < -0.4 is 25.3 Å². The van der Waals surface area contributed by atoms with Crippen LogP contribution in [0.4, 0.5) is 25.0 Å². The lowest BCUT2D eigenvalue weighted by Gasteiger charge is -2.43. The number of carboxylic acid groups (broad SMARTS) is 1. The Labute approximate surface area is 361 Å². The number of hydrogen-bond acceptors (Lipinski definition) is 10. The van der Waals surface area contributed by atoms with Gasteiger partial charge in [0, 0.05) is 49.1 Å². The number of aromatic nitrogens is 1. The van der Waals surface area contributed by atoms with E-state index in [0.717, 1.165) is 36.1 Å². The smallest absolute Gasteiger partial charge is 0.414 e. The van der Waals surface area contributed by atoms with E-state index in [4.69, 9.17) is 18.5 Å². The van der Waals surface area contributed by atoms with Crippen molar-refractivity contribution >= 4 is 47.8 Å². The minimum Gasteiger partial charge on any atom is -0.490 e. The van der Waals surface area contributed by atoms with Crippen LogP contribution >= 0.6 is 7.60 Å². The maximum atomic E-state index is 16.1. The van der Waals surface area contributed by atoms with Crippen LogP contribution in [0, 0.1) is 17.0 Å². The van der Waals surface area contributed by atoms with Gasteiger partial charge in [-0.15, -0.1) is 0 Å². The molecule has 1 aromatic heterocycles. The highest BCUT2D eigenvalue weighted by molar-refractivity contribution is 7.53. The van der Waals surface area contributed by atoms with Crippen molar-refractivity contribution in [3.05, 3.63) is 136 Å². The summed E-state index contributed by atoms with van der Waals surface area (Å²) in [7, 11) is -3.96. The summed E-state index contributed by atoms with van der Waals surface area (Å²) >= 11 is 0. The second-order valence-electron chi connectivity index (χ2n) is 16.4. The Morgan fingerprint density at radius 3 is 2.14 bits per heavy atom. The van der Waals surface area contributed by atoms with Gasteiger partial charge in [-0.1, -0.05) is 60.7 Å². The van der Waals surface area contributed by atoms with E-state index in [-0.39, 0.29) is 99.5 Å². The number of carboxylic acids is 1. The number of carbonyl (C=O) groups excluding carboxylic acids is 2. The van der Waals surface area contributed by atoms with E-state index in [1.54, 1.807) is 10.6 Å². The van der Waals surface area contributed by atoms with Gasteiger partial charge in [0.2, 0.25) is 11.3 Å². The Morgan fingerprint density at radius 1 is 0.905 bits per heavy atom. The predicted octanol–water partition coefficient (Wildman–Crippen LogP) is 8.07. The van der Waals surface area contributed by atoms with Crippen molar-refractivity contribution in [3.63, 3.8) is 0 Å². The van der Waals surface area contributed by atoms with Gasteiger partial charge in [0.15, 0.2) is 11.6 Å². The molecule has 0 unspecified atom stereocenters. The van der Waals surface area contributed by atoms with Crippen molar-refractivity contribution in [3.8, 4) is 5.75 Å². The van der Waals surface area contributed by atoms with Crippen LogP contribution in [0.2, 0.25) is 0 Å². The van der Waals surface area contributed by atoms with E-state index >= 15 is 13.3 Å². The van der Waals surface area contributed by atoms with Crippen LogP contribution in [-0.2, 0) is 36.4 Å². The molecule has 3 heterocycles. The largest absolute Gasteiger partial charge is 0.490 e. The van der Waals surface area contributed by atoms with E-state index in [1.165, 1.54) is 30.2 Å². The lowest BCUT2D eigenvalue weighted by atomic mass is 9.80. The molecule has 1 saturated carbocycles. The summed E-state index contributed by atoms with van der Waals surface area (Å²) in [6, 6.07) is 25.2. The predicted molar refractivity (Wildman–Crippen MR) is 230 cm³/mol. The number of carbonyl (C=O) groups is 3. The van der Waals surface area contributed by atoms with Gasteiger partial charge >= 0.3 is 19.7 Å². The molecule has 3 fully saturated rings. The summed E-state index contributed by atoms with van der Waals surface area (Å²) in [6.45, 7) is 1.89. The molecule has 0 spiro atoms. The zero-order chi connectivity index (χ0) is 44.3. The number of piperidine rings is 1. The summed E-state index contributed by atoms with van der Waals surface area (Å²) in [6.07, 6.45) is 2.05. The number of rotatable bonds is 17. The van der Waals surface area contributed by atoms with Crippen LogP contribution in [0.3, 0.4) is 0 Å². The molecule has 2 amide bonds. The van der Waals surface area contributed by atoms with E-state index in [1.807, 2.05) is 65.6 Å². The van der Waals surface area contributed by atoms with Crippen LogP contribution in [0.15, 0.2) is 102 Å². The first-order valence-electron chi connectivity index (χ1n) is 20.8. The number of hydrogen-bond donors (Lipinski definition) is 2. The maximum absolute atomic E-state index is 16.1. The third-order valence-electron chi connectivity index (χ3n) is 11.7. The van der Waals surface area contributed by atoms with Gasteiger partial charge in [0.1, 0.15) is 17.5 Å². The number of anilines is 2. The molecule has 14 nitrogen and oxygen atoms in total. The molecule has 63 heavy (non-hydrogen) atoms. The Hall–Kier alpha value is -6.09. The number of pyridine rings is 1. The van der Waals surface area contributed by atoms with Gasteiger partial charge in [-0.2, -0.15) is 0 Å². The number of nitrogens with zero attached hydrogens (tertiary/aromatic N) is 3. The standard InChI is InChI=1S/C46H47F2N4O10P/c1-30(53)49-23-35-24-52(45(57)62-35)34-14-15-42(39(48)20-34)59-28-46(29-63(58,60-26-31-8-4-2-5-9-31)61-27-32-10-6-3-7-11-32)16-18-50(19-17-46)41-22-40-36(21-38(41)47)43(54)37(44(55)56)25-51(40)33-12-13-33/h2-11,14-15,20-22,25,33,35H,12-13,16-19,23-24,26-29H2,1H3,(H,49,53)(H,55,56)/t35-/m0/s1. The summed E-state index contributed by atoms with van der Waals surface area (Å²) in [5.74, 6) is -3.22. The van der Waals surface area contributed by atoms with E-state index in [9.17, 15) is 24.3 Å². The average Bonchev–Trinajstić information content (AvgIpc) is 4.05. The van der Waals surface area contributed by atoms with Crippen molar-refractivity contribution in [1.29, 1.82) is 0 Å². The fourth-order valence-electron chi connectivity index (χ4n) is 8.11. The molecule has 1 aliphatic carbocycles. The number of aromatic carboxylic acids is 1. The van der Waals surface area contributed by atoms with Crippen molar-refractivity contribution in [2.75, 3.05) is 48.7 Å². The normalized spacial score (nSPS) is 17.4. The summed E-state index contributed by atoms with van der Waals surface area (Å²) < 4.78 is 72.7. The van der Waals surface area contributed by atoms with Gasteiger partial charge < -0.3 is 38.4 Å². The highest BCUT2D eigenvalue weighted by Crippen LogP contribution is 2.56. The zero-order valence-corrected chi connectivity index (χ0v) is 35.4. The number of halogens is 2. The molecule has 8 rings (SSSR count). The number of ether oxygens (including phenoxy) is 2. The molecule has 2 N–H and O–H groups in total. The molecule has 0 bridgehead atoms. The van der Waals surface area contributed by atoms with E-state index < -0.39 is 53.8 Å². The van der Waals surface area contributed by atoms with E-state index in [2.05, 4.69) is 5.32 Å². The van der Waals surface area contributed by atoms with E-state index in [0.29, 0.717) is 5.52 Å². The first kappa shape index (κ1) is 43.6. The Bertz CT molecular complexity index is 2570. The minimum atomic E-state index is -3.96. The van der Waals surface area contributed by atoms with Crippen molar-refractivity contribution < 1.29 is 51.4 Å². The fraction of sp³-hybridized carbons (Fsp3) is 0.348. The summed E-state index contributed by atoms with van der Waals surface area (Å²) in [5.41, 5.74) is 0.297. The molecular formula is C46H47F2N4O10P. The monoisotopic (exact) mass is 884 g/mol. The lowest BCUT2D eigenvalue weighted by molar-refractivity contribution is -0.119. The Morgan fingerprint density at radius 2 is 1.56 bits per heavy atom. The Kier molecular flexibility index (Phi) is 12.7. The SMILES string of the molecule is CC(=O)NC[C@H]1CN(c2ccc(OCC3(CP(=O)(OCc4ccccc4)OCc4ccccc4)CCN(c4cc5c(cc4F)c(=O)c(C(=O)O)cn5C4CC4)CC3)c(F)c2)C(=O)O1. The highest BCUT2D eigenvalue weighted by Gasteiger charge is 2.44. The maximum Gasteiger partial charge on any atom is 0.414 e. The van der Waals surface area contributed by atoms with Gasteiger partial charge in [-0.05, 0) is 61.1 Å². The molecule has 4 aromatic carbocycles. The molecule has 17 heteroatoms. The second kappa shape index (κ2) is 18.3. The molecule has 330 valence electrons. The highest BCUT2D eigenvalue weighted by atomic mass is 31.2. The number of amides is 2. The fourth-order valence-corrected chi connectivity index (χ4v) is 10.3. The van der Waals surface area contributed by atoms with Gasteiger partial charge in [-0.25, -0.2) is 18.4 Å². The first-order valence-corrected chi connectivity index (χ1v) is 22.5. The number of nitrogens with one attached hydrogen (secondary N) is 1. The molecule has 1 atom stereocenters. The van der Waals surface area contributed by atoms with Crippen molar-refractivity contribution in [2.24, 2.45) is 5.41 Å². The van der Waals surface area contributed by atoms with Gasteiger partial charge in [-0.3, -0.25) is 19.1 Å². The third-order valence-corrected chi connectivity index (χ3v) is 13.8. The molecule has 5 aromatic rings. The topological polar surface area (TPSA) is 166 Å². The summed E-state index contributed by atoms with van der Waals surface area (Å²) in [5, 5.41) is 12.3. The molecule has 2 aliphatic heterocycles. The van der Waals surface area contributed by atoms with Crippen LogP contribution in [0.1, 0.15) is 60.1 Å². The number of benzene rings is 4. The van der Waals surface area contributed by atoms with Gasteiger partial charge in [0.05, 0.1) is 56.0 Å². The number of fused-ring (bicyclic) bond motifs is 1. The Balaban J connectivity index is 1.07. The number of cyclic esters (lactones) is 1. The molecule has 3 aliphatic rings. The first-order chi connectivity index (χ1) is 30.3. The molecule has 0 radical (unpaired) electrons. The van der Waals surface area contributed by atoms with Crippen LogP contribution in [-0.4, -0.2) is 72.7 Å². The second-order valence-corrected chi connectivity index (χ2v) is 18.4.